The van der Waals surface area contributed by atoms with Gasteiger partial charge in [0, 0.05) is 41.5 Å². The summed E-state index contributed by atoms with van der Waals surface area (Å²) in [7, 11) is -3.62. The molecule has 7 nitrogen and oxygen atoms in total. The van der Waals surface area contributed by atoms with Gasteiger partial charge in [-0.15, -0.1) is 11.3 Å². The van der Waals surface area contributed by atoms with Crippen LogP contribution in [0.25, 0.3) is 5.69 Å². The van der Waals surface area contributed by atoms with Gasteiger partial charge in [0.25, 0.3) is 10.0 Å². The zero-order valence-electron chi connectivity index (χ0n) is 17.9. The van der Waals surface area contributed by atoms with Crippen molar-refractivity contribution in [3.05, 3.63) is 89.1 Å². The van der Waals surface area contributed by atoms with Crippen molar-refractivity contribution in [1.29, 1.82) is 0 Å². The van der Waals surface area contributed by atoms with Crippen molar-refractivity contribution >= 4 is 32.8 Å². The van der Waals surface area contributed by atoms with Crippen LogP contribution in [0.2, 0.25) is 0 Å². The molecule has 9 heteroatoms. The van der Waals surface area contributed by atoms with E-state index in [0.717, 1.165) is 16.9 Å². The lowest BCUT2D eigenvalue weighted by molar-refractivity contribution is 0.0978. The highest BCUT2D eigenvalue weighted by atomic mass is 32.2. The van der Waals surface area contributed by atoms with Crippen LogP contribution in [0.3, 0.4) is 0 Å². The van der Waals surface area contributed by atoms with Crippen LogP contribution in [-0.4, -0.2) is 32.0 Å². The van der Waals surface area contributed by atoms with Gasteiger partial charge < -0.3 is 14.0 Å². The molecule has 2 aliphatic rings. The molecule has 0 radical (unpaired) electrons. The van der Waals surface area contributed by atoms with Gasteiger partial charge >= 0.3 is 0 Å². The fraction of sp³-hybridized carbons (Fsp3) is 0.160. The summed E-state index contributed by atoms with van der Waals surface area (Å²) in [5.74, 6) is 1.06. The first-order valence-electron chi connectivity index (χ1n) is 10.8. The Hall–Kier alpha value is -3.56. The number of hydrogen-bond acceptors (Lipinski definition) is 6. The third-order valence-corrected chi connectivity index (χ3v) is 8.85. The standard InChI is InChI=1S/C25H20N2O5S2/c28-22-13-18(16-5-7-17(8-6-16)26-34(29,30)25-4-2-12-33-25)20-3-1-9-27(20)21-15-24-23(14-19(21)22)31-10-11-32-24/h1-9,12,14-15,18,26H,10-11,13H2/t18-/m0/s1. The van der Waals surface area contributed by atoms with E-state index in [2.05, 4.69) is 4.72 Å². The molecule has 34 heavy (non-hydrogen) atoms. The summed E-state index contributed by atoms with van der Waals surface area (Å²) in [5, 5.41) is 1.72. The fourth-order valence-corrected chi connectivity index (χ4v) is 6.54. The third kappa shape index (κ3) is 3.57. The second-order valence-electron chi connectivity index (χ2n) is 8.16. The molecule has 0 saturated carbocycles. The number of carbonyl (C=O) groups excluding carboxylic acids is 1. The van der Waals surface area contributed by atoms with Gasteiger partial charge in [-0.1, -0.05) is 18.2 Å². The molecule has 0 saturated heterocycles. The lowest BCUT2D eigenvalue weighted by Crippen LogP contribution is -2.16. The molecule has 0 fully saturated rings. The molecule has 0 bridgehead atoms. The number of anilines is 1. The largest absolute Gasteiger partial charge is 0.486 e. The topological polar surface area (TPSA) is 86.6 Å². The van der Waals surface area contributed by atoms with Gasteiger partial charge in [-0.2, -0.15) is 0 Å². The minimum absolute atomic E-state index is 0.0168. The SMILES string of the molecule is O=C1C[C@@H](c2ccc(NS(=O)(=O)c3cccs3)cc2)c2cccn2-c2cc3c(cc21)OCCO3. The molecular formula is C25H20N2O5S2. The molecule has 0 amide bonds. The molecule has 2 aliphatic heterocycles. The van der Waals surface area contributed by atoms with Crippen molar-refractivity contribution in [3.8, 4) is 17.2 Å². The third-order valence-electron chi connectivity index (χ3n) is 6.07. The van der Waals surface area contributed by atoms with Crippen LogP contribution in [-0.2, 0) is 10.0 Å². The van der Waals surface area contributed by atoms with E-state index in [-0.39, 0.29) is 22.3 Å². The minimum atomic E-state index is -3.62. The second kappa shape index (κ2) is 8.03. The number of fused-ring (bicyclic) bond motifs is 4. The number of ketones is 1. The van der Waals surface area contributed by atoms with Crippen LogP contribution < -0.4 is 14.2 Å². The number of ether oxygens (including phenoxy) is 2. The summed E-state index contributed by atoms with van der Waals surface area (Å²) in [6, 6.07) is 18.1. The summed E-state index contributed by atoms with van der Waals surface area (Å²) in [6.45, 7) is 0.934. The van der Waals surface area contributed by atoms with E-state index in [1.54, 1.807) is 35.7 Å². The molecule has 4 heterocycles. The number of sulfonamides is 1. The van der Waals surface area contributed by atoms with E-state index in [9.17, 15) is 13.2 Å². The molecule has 0 spiro atoms. The van der Waals surface area contributed by atoms with Crippen LogP contribution in [0.4, 0.5) is 5.69 Å². The number of benzene rings is 2. The number of rotatable bonds is 4. The molecule has 2 aromatic carbocycles. The van der Waals surface area contributed by atoms with Gasteiger partial charge in [0.2, 0.25) is 0 Å². The Kier molecular flexibility index (Phi) is 4.96. The maximum Gasteiger partial charge on any atom is 0.271 e. The number of hydrogen-bond donors (Lipinski definition) is 1. The quantitative estimate of drug-likeness (QED) is 0.441. The highest BCUT2D eigenvalue weighted by Crippen LogP contribution is 2.41. The molecule has 2 aromatic heterocycles. The molecule has 4 aromatic rings. The molecule has 1 atom stereocenters. The lowest BCUT2D eigenvalue weighted by atomic mass is 9.90. The summed E-state index contributed by atoms with van der Waals surface area (Å²) in [5.41, 5.74) is 3.76. The van der Waals surface area contributed by atoms with Crippen molar-refractivity contribution in [2.24, 2.45) is 0 Å². The number of nitrogens with zero attached hydrogens (tertiary/aromatic N) is 1. The lowest BCUT2D eigenvalue weighted by Gasteiger charge is -2.21. The predicted molar refractivity (Wildman–Crippen MR) is 129 cm³/mol. The Bertz CT molecular complexity index is 1490. The van der Waals surface area contributed by atoms with Crippen LogP contribution in [0.1, 0.15) is 34.0 Å². The molecular weight excluding hydrogens is 472 g/mol. The summed E-state index contributed by atoms with van der Waals surface area (Å²) < 4.78 is 41.4. The fourth-order valence-electron chi connectivity index (χ4n) is 4.49. The summed E-state index contributed by atoms with van der Waals surface area (Å²) in [6.07, 6.45) is 2.23. The maximum atomic E-state index is 13.3. The van der Waals surface area contributed by atoms with Gasteiger partial charge in [0.1, 0.15) is 17.4 Å². The normalized spacial score (nSPS) is 16.9. The average Bonchev–Trinajstić information content (AvgIpc) is 3.53. The molecule has 0 unspecified atom stereocenters. The van der Waals surface area contributed by atoms with E-state index in [1.807, 2.05) is 41.1 Å². The van der Waals surface area contributed by atoms with Crippen molar-refractivity contribution in [2.75, 3.05) is 17.9 Å². The van der Waals surface area contributed by atoms with Gasteiger partial charge in [0.15, 0.2) is 17.3 Å². The van der Waals surface area contributed by atoms with Crippen molar-refractivity contribution < 1.29 is 22.7 Å². The van der Waals surface area contributed by atoms with Crippen LogP contribution in [0.5, 0.6) is 11.5 Å². The number of aromatic nitrogens is 1. The van der Waals surface area contributed by atoms with Crippen molar-refractivity contribution in [3.63, 3.8) is 0 Å². The predicted octanol–water partition coefficient (Wildman–Crippen LogP) is 4.83. The second-order valence-corrected chi connectivity index (χ2v) is 11.0. The highest BCUT2D eigenvalue weighted by molar-refractivity contribution is 7.94. The highest BCUT2D eigenvalue weighted by Gasteiger charge is 2.30. The monoisotopic (exact) mass is 492 g/mol. The number of Topliss-reactive ketones (excluding diaryl/α,β-unsaturated/α-hetero) is 1. The molecule has 6 rings (SSSR count). The maximum absolute atomic E-state index is 13.3. The Morgan fingerprint density at radius 2 is 1.74 bits per heavy atom. The zero-order valence-corrected chi connectivity index (χ0v) is 19.6. The van der Waals surface area contributed by atoms with E-state index < -0.39 is 10.0 Å². The molecule has 1 N–H and O–H groups in total. The average molecular weight is 493 g/mol. The Labute approximate surface area is 200 Å². The van der Waals surface area contributed by atoms with E-state index >= 15 is 0 Å². The Morgan fingerprint density at radius 3 is 2.47 bits per heavy atom. The van der Waals surface area contributed by atoms with Crippen molar-refractivity contribution in [2.45, 2.75) is 16.5 Å². The minimum Gasteiger partial charge on any atom is -0.486 e. The van der Waals surface area contributed by atoms with Crippen molar-refractivity contribution in [1.82, 2.24) is 4.57 Å². The van der Waals surface area contributed by atoms with Gasteiger partial charge in [-0.05, 0) is 47.3 Å². The first-order chi connectivity index (χ1) is 16.5. The van der Waals surface area contributed by atoms with Crippen LogP contribution in [0.15, 0.2) is 76.4 Å². The van der Waals surface area contributed by atoms with Gasteiger partial charge in [-0.25, -0.2) is 8.42 Å². The number of thiophene rings is 1. The van der Waals surface area contributed by atoms with Gasteiger partial charge in [-0.3, -0.25) is 9.52 Å². The van der Waals surface area contributed by atoms with Gasteiger partial charge in [0.05, 0.1) is 5.69 Å². The number of carbonyl (C=O) groups is 1. The first-order valence-corrected chi connectivity index (χ1v) is 13.2. The van der Waals surface area contributed by atoms with Crippen LogP contribution >= 0.6 is 11.3 Å². The zero-order chi connectivity index (χ0) is 23.3. The Morgan fingerprint density at radius 1 is 0.971 bits per heavy atom. The first kappa shape index (κ1) is 21.0. The van der Waals surface area contributed by atoms with E-state index in [1.165, 1.54) is 11.3 Å². The molecule has 0 aliphatic carbocycles. The molecule has 172 valence electrons. The smallest absolute Gasteiger partial charge is 0.271 e. The summed E-state index contributed by atoms with van der Waals surface area (Å²) >= 11 is 1.17. The summed E-state index contributed by atoms with van der Waals surface area (Å²) in [4.78, 5) is 13.3. The Balaban J connectivity index is 1.34. The van der Waals surface area contributed by atoms with E-state index in [0.29, 0.717) is 36.0 Å². The van der Waals surface area contributed by atoms with Crippen LogP contribution in [0, 0.1) is 0 Å². The number of nitrogens with one attached hydrogen (secondary N) is 1. The van der Waals surface area contributed by atoms with E-state index in [4.69, 9.17) is 9.47 Å².